The van der Waals surface area contributed by atoms with Crippen molar-refractivity contribution in [1.29, 1.82) is 0 Å². The lowest BCUT2D eigenvalue weighted by Crippen LogP contribution is -2.37. The minimum Gasteiger partial charge on any atom is -0.511 e. The first-order valence-electron chi connectivity index (χ1n) is 16.4. The molecule has 0 aromatic rings. The van der Waals surface area contributed by atoms with Crippen LogP contribution in [0.1, 0.15) is 80.1 Å². The van der Waals surface area contributed by atoms with Crippen molar-refractivity contribution in [3.63, 3.8) is 0 Å². The summed E-state index contributed by atoms with van der Waals surface area (Å²) >= 11 is 0. The van der Waals surface area contributed by atoms with Crippen molar-refractivity contribution >= 4 is 11.8 Å². The van der Waals surface area contributed by atoms with Gasteiger partial charge in [-0.25, -0.2) is 4.79 Å². The molecule has 0 spiro atoms. The Bertz CT molecular complexity index is 1060. The summed E-state index contributed by atoms with van der Waals surface area (Å²) in [5.41, 5.74) is 0.673. The van der Waals surface area contributed by atoms with E-state index in [0.717, 1.165) is 44.1 Å². The van der Waals surface area contributed by atoms with Gasteiger partial charge in [-0.1, -0.05) is 65.7 Å². The highest BCUT2D eigenvalue weighted by Gasteiger charge is 2.41. The number of hydrogen-bond donors (Lipinski definition) is 2. The van der Waals surface area contributed by atoms with Crippen LogP contribution in [0.3, 0.4) is 0 Å². The molecule has 8 nitrogen and oxygen atoms in total. The molecule has 0 bridgehead atoms. The van der Waals surface area contributed by atoms with Crippen molar-refractivity contribution in [2.24, 2.45) is 41.4 Å². The third-order valence-corrected chi connectivity index (χ3v) is 10.7. The van der Waals surface area contributed by atoms with Crippen LogP contribution in [0, 0.1) is 41.4 Å². The van der Waals surface area contributed by atoms with E-state index in [1.54, 1.807) is 7.11 Å². The molecule has 43 heavy (non-hydrogen) atoms. The molecule has 3 aliphatic heterocycles. The third kappa shape index (κ3) is 7.63. The van der Waals surface area contributed by atoms with Gasteiger partial charge in [0, 0.05) is 18.9 Å². The summed E-state index contributed by atoms with van der Waals surface area (Å²) in [6.07, 6.45) is 12.5. The number of methoxy groups -OCH3 is 1. The first-order valence-corrected chi connectivity index (χ1v) is 16.4. The van der Waals surface area contributed by atoms with E-state index in [1.165, 1.54) is 0 Å². The number of carbonyl (C=O) groups is 2. The molecule has 0 amide bonds. The molecule has 3 saturated heterocycles. The predicted octanol–water partition coefficient (Wildman–Crippen LogP) is 5.74. The van der Waals surface area contributed by atoms with Crippen LogP contribution >= 0.6 is 0 Å². The molecule has 1 saturated carbocycles. The van der Waals surface area contributed by atoms with Gasteiger partial charge in [-0.05, 0) is 67.8 Å². The summed E-state index contributed by atoms with van der Waals surface area (Å²) in [7, 11) is 1.73. The van der Waals surface area contributed by atoms with Gasteiger partial charge in [0.15, 0.2) is 6.61 Å². The topological polar surface area (TPSA) is 112 Å². The lowest BCUT2D eigenvalue weighted by Gasteiger charge is -2.41. The van der Waals surface area contributed by atoms with Crippen LogP contribution in [0.25, 0.3) is 0 Å². The van der Waals surface area contributed by atoms with E-state index in [4.69, 9.17) is 18.9 Å². The largest absolute Gasteiger partial charge is 0.511 e. The van der Waals surface area contributed by atoms with Crippen molar-refractivity contribution < 1.29 is 38.7 Å². The Morgan fingerprint density at radius 1 is 1.02 bits per heavy atom. The fourth-order valence-corrected chi connectivity index (χ4v) is 8.06. The molecule has 8 heteroatoms. The SMILES string of the molecule is CO[C@@H](C)C1C[C@H](C)C([C@@H](C)/C=C/[C@@H]2CC[C@@H](C)[C@H](/C(=C/[C@H]3CCC[C@@H](C)[C@@H]3[C@H](C)/C(O)=C3/C(=O)COC3=O)CO)O2)O1. The average Bonchev–Trinajstić information content (AvgIpc) is 3.55. The monoisotopic (exact) mass is 602 g/mol. The van der Waals surface area contributed by atoms with Gasteiger partial charge >= 0.3 is 5.97 Å². The number of rotatable bonds is 10. The lowest BCUT2D eigenvalue weighted by atomic mass is 9.66. The number of allylic oxidation sites excluding steroid dienone is 2. The van der Waals surface area contributed by atoms with Gasteiger partial charge in [-0.3, -0.25) is 4.79 Å². The molecule has 12 atom stereocenters. The maximum atomic E-state index is 12.3. The highest BCUT2D eigenvalue weighted by atomic mass is 16.6. The third-order valence-electron chi connectivity index (χ3n) is 10.7. The molecule has 2 unspecified atom stereocenters. The molecule has 1 aliphatic carbocycles. The Labute approximate surface area is 257 Å². The van der Waals surface area contributed by atoms with Crippen LogP contribution in [0.2, 0.25) is 0 Å². The fraction of sp³-hybridized carbons (Fsp3) is 0.771. The van der Waals surface area contributed by atoms with Gasteiger partial charge in [0.2, 0.25) is 5.78 Å². The first-order chi connectivity index (χ1) is 20.5. The van der Waals surface area contributed by atoms with Gasteiger partial charge in [0.1, 0.15) is 11.3 Å². The Morgan fingerprint density at radius 2 is 1.77 bits per heavy atom. The van der Waals surface area contributed by atoms with Gasteiger partial charge in [0.25, 0.3) is 0 Å². The van der Waals surface area contributed by atoms with Crippen LogP contribution in [0.5, 0.6) is 0 Å². The van der Waals surface area contributed by atoms with Crippen LogP contribution < -0.4 is 0 Å². The Morgan fingerprint density at radius 3 is 2.42 bits per heavy atom. The number of aliphatic hydroxyl groups is 2. The van der Waals surface area contributed by atoms with Crippen molar-refractivity contribution in [2.75, 3.05) is 20.3 Å². The van der Waals surface area contributed by atoms with Gasteiger partial charge < -0.3 is 29.2 Å². The van der Waals surface area contributed by atoms with E-state index in [-0.39, 0.29) is 84.7 Å². The number of carbonyl (C=O) groups excluding carboxylic acids is 2. The fourth-order valence-electron chi connectivity index (χ4n) is 8.06. The molecule has 4 fully saturated rings. The smallest absolute Gasteiger partial charge is 0.345 e. The molecule has 3 heterocycles. The summed E-state index contributed by atoms with van der Waals surface area (Å²) in [6.45, 7) is 12.3. The number of ether oxygens (including phenoxy) is 4. The molecule has 0 radical (unpaired) electrons. The van der Waals surface area contributed by atoms with Crippen LogP contribution in [0.4, 0.5) is 0 Å². The molecular formula is C35H54O8. The van der Waals surface area contributed by atoms with Crippen LogP contribution in [-0.4, -0.2) is 72.8 Å². The molecule has 2 N–H and O–H groups in total. The van der Waals surface area contributed by atoms with E-state index in [0.29, 0.717) is 5.92 Å². The normalized spacial score (nSPS) is 39.2. The molecular weight excluding hydrogens is 548 g/mol. The molecule has 4 aliphatic rings. The Kier molecular flexibility index (Phi) is 11.7. The second kappa shape index (κ2) is 14.9. The average molecular weight is 603 g/mol. The second-order valence-corrected chi connectivity index (χ2v) is 13.8. The number of hydrogen-bond acceptors (Lipinski definition) is 8. The summed E-state index contributed by atoms with van der Waals surface area (Å²) in [4.78, 5) is 24.4. The zero-order valence-electron chi connectivity index (χ0n) is 27.2. The van der Waals surface area contributed by atoms with Crippen molar-refractivity contribution in [1.82, 2.24) is 0 Å². The van der Waals surface area contributed by atoms with Gasteiger partial charge in [-0.2, -0.15) is 0 Å². The maximum absolute atomic E-state index is 12.3. The minimum atomic E-state index is -0.739. The first kappa shape index (κ1) is 33.9. The van der Waals surface area contributed by atoms with E-state index in [9.17, 15) is 19.8 Å². The second-order valence-electron chi connectivity index (χ2n) is 13.8. The summed E-state index contributed by atoms with van der Waals surface area (Å²) in [6, 6.07) is 0. The Hall–Kier alpha value is -2.00. The standard InChI is InChI=1S/C35H54O8/c1-19-9-8-10-25(30(19)23(5)32(38)31-28(37)18-41-35(31)39)16-26(17-36)34-21(3)12-14-27(42-34)13-11-20(2)33-22(4)15-29(43-33)24(6)40-7/h11,13,16,19-25,27,29-30,33-34,36,38H,8-10,12,14-15,17-18H2,1-7H3/b13-11+,26-16+,32-31+/t19-,20+,21-,22+,23+,24+,25-,27-,29?,30-,33?,34-/m1/s1. The van der Waals surface area contributed by atoms with E-state index in [2.05, 4.69) is 52.8 Å². The molecule has 0 aromatic heterocycles. The zero-order valence-corrected chi connectivity index (χ0v) is 27.2. The molecule has 242 valence electrons. The minimum absolute atomic E-state index is 0.0116. The zero-order chi connectivity index (χ0) is 31.4. The highest BCUT2D eigenvalue weighted by Crippen LogP contribution is 2.44. The van der Waals surface area contributed by atoms with E-state index in [1.807, 2.05) is 6.92 Å². The lowest BCUT2D eigenvalue weighted by molar-refractivity contribution is -0.135. The Balaban J connectivity index is 1.48. The number of Topliss-reactive ketones (excluding diaryl/α,β-unsaturated/α-hetero) is 1. The molecule has 4 rings (SSSR count). The van der Waals surface area contributed by atoms with Gasteiger partial charge in [-0.15, -0.1) is 0 Å². The summed E-state index contributed by atoms with van der Waals surface area (Å²) in [5.74, 6) is -0.447. The predicted molar refractivity (Wildman–Crippen MR) is 164 cm³/mol. The number of cyclic esters (lactones) is 1. The maximum Gasteiger partial charge on any atom is 0.345 e. The van der Waals surface area contributed by atoms with Crippen LogP contribution in [-0.2, 0) is 28.5 Å². The van der Waals surface area contributed by atoms with Crippen molar-refractivity contribution in [3.8, 4) is 0 Å². The highest BCUT2D eigenvalue weighted by molar-refractivity contribution is 6.22. The van der Waals surface area contributed by atoms with Crippen LogP contribution in [0.15, 0.2) is 35.1 Å². The number of aliphatic hydroxyl groups excluding tert-OH is 2. The van der Waals surface area contributed by atoms with E-state index >= 15 is 0 Å². The van der Waals surface area contributed by atoms with E-state index < -0.39 is 17.7 Å². The molecule has 0 aromatic carbocycles. The summed E-state index contributed by atoms with van der Waals surface area (Å²) < 4.78 is 23.4. The quantitative estimate of drug-likeness (QED) is 0.107. The van der Waals surface area contributed by atoms with Crippen molar-refractivity contribution in [2.45, 2.75) is 111 Å². The van der Waals surface area contributed by atoms with Gasteiger partial charge in [0.05, 0.1) is 37.1 Å². The van der Waals surface area contributed by atoms with Crippen molar-refractivity contribution in [3.05, 3.63) is 35.1 Å². The summed E-state index contributed by atoms with van der Waals surface area (Å²) in [5, 5.41) is 21.6. The number of ketones is 1. The number of esters is 1.